The summed E-state index contributed by atoms with van der Waals surface area (Å²) in [6.07, 6.45) is 4.37. The van der Waals surface area contributed by atoms with Crippen LogP contribution < -0.4 is 20.1 Å². The Morgan fingerprint density at radius 1 is 0.737 bits per heavy atom. The Balaban J connectivity index is 1.17. The van der Waals surface area contributed by atoms with Gasteiger partial charge in [0.05, 0.1) is 20.1 Å². The van der Waals surface area contributed by atoms with E-state index in [1.54, 1.807) is 30.3 Å². The molecule has 0 saturated carbocycles. The van der Waals surface area contributed by atoms with E-state index in [0.29, 0.717) is 36.4 Å². The van der Waals surface area contributed by atoms with Crippen LogP contribution in [0.15, 0.2) is 96.8 Å². The molecule has 0 unspecified atom stereocenters. The molecule has 6 heterocycles. The van der Waals surface area contributed by atoms with Crippen molar-refractivity contribution in [1.82, 2.24) is 9.80 Å². The van der Waals surface area contributed by atoms with E-state index >= 15 is 4.79 Å². The lowest BCUT2D eigenvalue weighted by Crippen LogP contribution is -2.52. The van der Waals surface area contributed by atoms with Crippen molar-refractivity contribution >= 4 is 29.0 Å². The number of phenols is 2. The highest BCUT2D eigenvalue weighted by atomic mass is 16.5. The van der Waals surface area contributed by atoms with Gasteiger partial charge in [0, 0.05) is 58.4 Å². The van der Waals surface area contributed by atoms with E-state index in [9.17, 15) is 24.9 Å². The molecule has 292 valence electrons. The van der Waals surface area contributed by atoms with E-state index < -0.39 is 40.5 Å². The molecule has 8 atom stereocenters. The maximum absolute atomic E-state index is 15.6. The first-order valence-electron chi connectivity index (χ1n) is 19.7. The average molecular weight is 769 g/mol. The molecule has 5 N–H and O–H groups in total. The number of phenolic OH excluding ortho intramolecular Hbond substituents is 2. The SMILES string of the molecule is COc1cc([C@@H]2[C@@H]3CCCN3[C@@]3(C(=O)Nc4ccccc43)[C@H]2C(=O)/C=C(\O)[C@@H]2[C@@H]3CCCN3[C@@]3(C(=O)Nc4ccccc43)[C@H]2c2ccc(O)c(OC)c2)ccc1O. The highest BCUT2D eigenvalue weighted by Gasteiger charge is 2.71. The Labute approximate surface area is 329 Å². The normalized spacial score (nSPS) is 31.3. The number of aliphatic hydroxyl groups is 1. The first-order chi connectivity index (χ1) is 27.7. The van der Waals surface area contributed by atoms with E-state index in [2.05, 4.69) is 20.4 Å². The standard InChI is InChI=1S/C45H44N4O8/c1-56-36-21-24(15-17-32(36)50)38-30-13-7-19-48(30)45(27-10-4-6-12-29(27)47-43(45)55)41(38)35(53)23-34(52)39-31-14-8-20-49(31)44(26-9-3-5-11-28(26)46-42(44)54)40(39)25-16-18-33(51)37(22-25)57-2/h3-6,9-12,15-18,21-23,30-31,38-41,50-52H,7-8,13-14,19-20H2,1-2H3,(H,46,54)(H,47,55)/b34-23-/t30-,31-,38+,39-,40-,41-,44+,45+/m0/s1. The van der Waals surface area contributed by atoms with Gasteiger partial charge in [0.15, 0.2) is 28.8 Å². The Morgan fingerprint density at radius 2 is 1.26 bits per heavy atom. The summed E-state index contributed by atoms with van der Waals surface area (Å²) in [5.74, 6) is -3.58. The third-order valence-electron chi connectivity index (χ3n) is 13.9. The van der Waals surface area contributed by atoms with E-state index in [1.807, 2.05) is 48.5 Å². The second kappa shape index (κ2) is 12.8. The third-order valence-corrected chi connectivity index (χ3v) is 13.9. The number of benzene rings is 4. The summed E-state index contributed by atoms with van der Waals surface area (Å²) in [6.45, 7) is 1.19. The number of aliphatic hydroxyl groups excluding tert-OH is 1. The quantitative estimate of drug-likeness (QED) is 0.114. The number of amides is 2. The zero-order valence-corrected chi connectivity index (χ0v) is 31.6. The molecule has 4 aromatic rings. The van der Waals surface area contributed by atoms with Crippen molar-refractivity contribution in [3.63, 3.8) is 0 Å². The van der Waals surface area contributed by atoms with Crippen LogP contribution in [0.4, 0.5) is 11.4 Å². The van der Waals surface area contributed by atoms with Crippen molar-refractivity contribution in [3.8, 4) is 23.0 Å². The summed E-state index contributed by atoms with van der Waals surface area (Å²) in [6, 6.07) is 24.7. The lowest BCUT2D eigenvalue weighted by atomic mass is 9.68. The van der Waals surface area contributed by atoms with Crippen LogP contribution in [0.25, 0.3) is 0 Å². The lowest BCUT2D eigenvalue weighted by Gasteiger charge is -2.38. The lowest BCUT2D eigenvalue weighted by molar-refractivity contribution is -0.134. The summed E-state index contributed by atoms with van der Waals surface area (Å²) in [4.78, 5) is 49.2. The zero-order valence-electron chi connectivity index (χ0n) is 31.6. The fraction of sp³-hybridized carbons (Fsp3) is 0.356. The molecule has 4 fully saturated rings. The number of methoxy groups -OCH3 is 2. The molecular weight excluding hydrogens is 725 g/mol. The summed E-state index contributed by atoms with van der Waals surface area (Å²) in [5, 5.41) is 40.2. The van der Waals surface area contributed by atoms with Crippen molar-refractivity contribution in [2.45, 2.75) is 60.7 Å². The molecule has 4 aromatic carbocycles. The molecule has 12 heteroatoms. The smallest absolute Gasteiger partial charge is 0.250 e. The average Bonchev–Trinajstić information content (AvgIpc) is 4.05. The minimum Gasteiger partial charge on any atom is -0.512 e. The first-order valence-corrected chi connectivity index (χ1v) is 19.7. The second-order valence-corrected chi connectivity index (χ2v) is 16.2. The van der Waals surface area contributed by atoms with Gasteiger partial charge in [-0.05, 0) is 86.3 Å². The summed E-state index contributed by atoms with van der Waals surface area (Å²) < 4.78 is 11.1. The zero-order chi connectivity index (χ0) is 39.4. The van der Waals surface area contributed by atoms with Gasteiger partial charge in [-0.2, -0.15) is 0 Å². The monoisotopic (exact) mass is 768 g/mol. The fourth-order valence-electron chi connectivity index (χ4n) is 12.0. The van der Waals surface area contributed by atoms with Crippen LogP contribution in [-0.4, -0.2) is 82.1 Å². The summed E-state index contributed by atoms with van der Waals surface area (Å²) in [5.41, 5.74) is 1.66. The van der Waals surface area contributed by atoms with Crippen LogP contribution in [0, 0.1) is 11.8 Å². The highest BCUT2D eigenvalue weighted by molar-refractivity contribution is 6.11. The van der Waals surface area contributed by atoms with Gasteiger partial charge in [-0.3, -0.25) is 24.2 Å². The molecule has 12 nitrogen and oxygen atoms in total. The van der Waals surface area contributed by atoms with Gasteiger partial charge in [-0.15, -0.1) is 0 Å². The number of aromatic hydroxyl groups is 2. The topological polar surface area (TPSA) is 161 Å². The summed E-state index contributed by atoms with van der Waals surface area (Å²) >= 11 is 0. The minimum absolute atomic E-state index is 0.0349. The van der Waals surface area contributed by atoms with Gasteiger partial charge in [0.1, 0.15) is 16.8 Å². The van der Waals surface area contributed by atoms with Crippen LogP contribution in [0.5, 0.6) is 23.0 Å². The number of para-hydroxylation sites is 2. The number of anilines is 2. The number of hydrogen-bond acceptors (Lipinski definition) is 10. The number of hydrogen-bond donors (Lipinski definition) is 5. The van der Waals surface area contributed by atoms with Crippen molar-refractivity contribution in [2.75, 3.05) is 37.9 Å². The van der Waals surface area contributed by atoms with Crippen LogP contribution in [0.3, 0.4) is 0 Å². The van der Waals surface area contributed by atoms with Crippen molar-refractivity contribution in [3.05, 3.63) is 119 Å². The molecule has 0 aromatic heterocycles. The maximum Gasteiger partial charge on any atom is 0.250 e. The Morgan fingerprint density at radius 3 is 1.89 bits per heavy atom. The predicted octanol–water partition coefficient (Wildman–Crippen LogP) is 5.88. The summed E-state index contributed by atoms with van der Waals surface area (Å²) in [7, 11) is 2.94. The molecule has 6 aliphatic heterocycles. The first kappa shape index (κ1) is 35.6. The molecule has 0 aliphatic carbocycles. The van der Waals surface area contributed by atoms with E-state index in [-0.39, 0.29) is 52.7 Å². The molecule has 2 amide bonds. The molecule has 10 rings (SSSR count). The Hall–Kier alpha value is -5.85. The highest BCUT2D eigenvalue weighted by Crippen LogP contribution is 2.64. The number of allylic oxidation sites excluding steroid dienone is 1. The second-order valence-electron chi connectivity index (χ2n) is 16.2. The maximum atomic E-state index is 15.6. The van der Waals surface area contributed by atoms with Crippen molar-refractivity contribution < 1.29 is 39.2 Å². The largest absolute Gasteiger partial charge is 0.512 e. The van der Waals surface area contributed by atoms with E-state index in [4.69, 9.17) is 9.47 Å². The van der Waals surface area contributed by atoms with Gasteiger partial charge < -0.3 is 35.4 Å². The Kier molecular flexibility index (Phi) is 8.01. The van der Waals surface area contributed by atoms with Crippen LogP contribution in [0.2, 0.25) is 0 Å². The van der Waals surface area contributed by atoms with Crippen LogP contribution in [0.1, 0.15) is 59.8 Å². The number of ether oxygens (including phenoxy) is 2. The molecule has 6 aliphatic rings. The van der Waals surface area contributed by atoms with E-state index in [1.165, 1.54) is 26.4 Å². The van der Waals surface area contributed by atoms with Crippen molar-refractivity contribution in [2.24, 2.45) is 11.8 Å². The Bertz CT molecular complexity index is 2400. The number of carbonyl (C=O) groups excluding carboxylic acids is 3. The van der Waals surface area contributed by atoms with Gasteiger partial charge >= 0.3 is 0 Å². The number of nitrogens with one attached hydrogen (secondary N) is 2. The van der Waals surface area contributed by atoms with Crippen molar-refractivity contribution in [1.29, 1.82) is 0 Å². The number of rotatable bonds is 7. The van der Waals surface area contributed by atoms with Crippen LogP contribution >= 0.6 is 0 Å². The molecular formula is C45H44N4O8. The molecule has 0 bridgehead atoms. The molecule has 0 radical (unpaired) electrons. The number of nitrogens with zero attached hydrogens (tertiary/aromatic N) is 2. The fourth-order valence-corrected chi connectivity index (χ4v) is 12.0. The van der Waals surface area contributed by atoms with Gasteiger partial charge in [-0.25, -0.2) is 0 Å². The van der Waals surface area contributed by atoms with Gasteiger partial charge in [-0.1, -0.05) is 48.5 Å². The number of carbonyl (C=O) groups is 3. The third kappa shape index (κ3) is 4.65. The molecule has 57 heavy (non-hydrogen) atoms. The number of fused-ring (bicyclic) bond motifs is 8. The van der Waals surface area contributed by atoms with Crippen LogP contribution in [-0.2, 0) is 25.5 Å². The van der Waals surface area contributed by atoms with Gasteiger partial charge in [0.2, 0.25) is 11.8 Å². The minimum atomic E-state index is -1.37. The number of ketones is 1. The predicted molar refractivity (Wildman–Crippen MR) is 210 cm³/mol. The molecule has 2 spiro atoms. The molecule has 4 saturated heterocycles. The van der Waals surface area contributed by atoms with Gasteiger partial charge in [0.25, 0.3) is 0 Å². The van der Waals surface area contributed by atoms with E-state index in [0.717, 1.165) is 36.0 Å².